The van der Waals surface area contributed by atoms with Gasteiger partial charge in [0.2, 0.25) is 5.95 Å². The van der Waals surface area contributed by atoms with Crippen LogP contribution in [0.4, 0.5) is 5.95 Å². The monoisotopic (exact) mass is 496 g/mol. The van der Waals surface area contributed by atoms with Gasteiger partial charge in [-0.1, -0.05) is 29.8 Å². The van der Waals surface area contributed by atoms with Crippen LogP contribution < -0.4 is 24.3 Å². The minimum Gasteiger partial charge on any atom is -0.497 e. The molecule has 0 spiro atoms. The first-order valence-corrected chi connectivity index (χ1v) is 12.2. The van der Waals surface area contributed by atoms with Crippen LogP contribution in [0.15, 0.2) is 72.6 Å². The summed E-state index contributed by atoms with van der Waals surface area (Å²) < 4.78 is 25.7. The molecule has 6 rings (SSSR count). The van der Waals surface area contributed by atoms with Crippen molar-refractivity contribution in [1.82, 2.24) is 14.8 Å². The number of aromatic nitrogens is 3. The Balaban J connectivity index is 1.60. The largest absolute Gasteiger partial charge is 0.497 e. The molecule has 0 fully saturated rings. The number of hydrogen-bond acceptors (Lipinski definition) is 7. The third-order valence-electron chi connectivity index (χ3n) is 6.77. The van der Waals surface area contributed by atoms with E-state index in [9.17, 15) is 0 Å². The number of rotatable bonds is 6. The third kappa shape index (κ3) is 3.85. The van der Waals surface area contributed by atoms with Gasteiger partial charge in [-0.25, -0.2) is 4.68 Å². The van der Waals surface area contributed by atoms with Gasteiger partial charge in [-0.05, 0) is 55.8 Å². The lowest BCUT2D eigenvalue weighted by molar-refractivity contribution is 0.222. The number of benzene rings is 3. The zero-order chi connectivity index (χ0) is 25.5. The SMILES string of the molecule is CCOc1ccc(C2C3=C(Nc4ncnn42)c2cc(C)ccc2OC3c2cccc(OC)c2)cc1OC. The van der Waals surface area contributed by atoms with E-state index in [1.807, 2.05) is 54.1 Å². The molecule has 1 N–H and O–H groups in total. The fraction of sp³-hybridized carbons (Fsp3) is 0.241. The van der Waals surface area contributed by atoms with Crippen LogP contribution in [-0.2, 0) is 0 Å². The summed E-state index contributed by atoms with van der Waals surface area (Å²) in [5.74, 6) is 3.59. The minimum absolute atomic E-state index is 0.303. The summed E-state index contributed by atoms with van der Waals surface area (Å²) in [4.78, 5) is 4.52. The summed E-state index contributed by atoms with van der Waals surface area (Å²) in [5, 5.41) is 8.16. The number of anilines is 1. The van der Waals surface area contributed by atoms with Crippen molar-refractivity contribution in [3.8, 4) is 23.0 Å². The summed E-state index contributed by atoms with van der Waals surface area (Å²) in [5.41, 5.74) is 6.08. The molecule has 1 aromatic heterocycles. The average Bonchev–Trinajstić information content (AvgIpc) is 3.40. The van der Waals surface area contributed by atoms with Crippen molar-refractivity contribution in [3.05, 3.63) is 94.8 Å². The second kappa shape index (κ2) is 9.20. The van der Waals surface area contributed by atoms with Crippen LogP contribution in [-0.4, -0.2) is 35.6 Å². The first-order valence-electron chi connectivity index (χ1n) is 12.2. The molecule has 3 aromatic carbocycles. The maximum Gasteiger partial charge on any atom is 0.226 e. The molecule has 8 nitrogen and oxygen atoms in total. The standard InChI is InChI=1S/C29H28N4O4/c1-5-36-23-12-10-18(15-24(23)35-4)27-25-26(32-29-30-16-31-33(27)29)21-13-17(2)9-11-22(21)37-28(25)19-7-6-8-20(14-19)34-3/h6-16,27-28H,5H2,1-4H3,(H,30,31,32). The van der Waals surface area contributed by atoms with E-state index in [-0.39, 0.29) is 6.04 Å². The topological polar surface area (TPSA) is 79.7 Å². The molecule has 37 heavy (non-hydrogen) atoms. The van der Waals surface area contributed by atoms with E-state index < -0.39 is 6.10 Å². The number of methoxy groups -OCH3 is 2. The van der Waals surface area contributed by atoms with Crippen molar-refractivity contribution in [2.75, 3.05) is 26.1 Å². The maximum atomic E-state index is 6.73. The summed E-state index contributed by atoms with van der Waals surface area (Å²) in [6.07, 6.45) is 1.17. The van der Waals surface area contributed by atoms with E-state index in [0.29, 0.717) is 24.1 Å². The molecule has 2 aliphatic heterocycles. The number of hydrogen-bond donors (Lipinski definition) is 1. The predicted octanol–water partition coefficient (Wildman–Crippen LogP) is 5.56. The molecule has 188 valence electrons. The fourth-order valence-electron chi connectivity index (χ4n) is 5.11. The van der Waals surface area contributed by atoms with Crippen LogP contribution in [0.3, 0.4) is 0 Å². The number of ether oxygens (including phenoxy) is 4. The fourth-order valence-corrected chi connectivity index (χ4v) is 5.11. The molecule has 2 aliphatic rings. The smallest absolute Gasteiger partial charge is 0.226 e. The van der Waals surface area contributed by atoms with Crippen LogP contribution >= 0.6 is 0 Å². The molecular weight excluding hydrogens is 468 g/mol. The Bertz CT molecular complexity index is 1510. The zero-order valence-electron chi connectivity index (χ0n) is 21.2. The van der Waals surface area contributed by atoms with E-state index >= 15 is 0 Å². The molecule has 0 amide bonds. The molecule has 0 saturated carbocycles. The Kier molecular flexibility index (Phi) is 5.71. The van der Waals surface area contributed by atoms with Gasteiger partial charge < -0.3 is 24.3 Å². The van der Waals surface area contributed by atoms with Crippen molar-refractivity contribution in [2.45, 2.75) is 26.0 Å². The van der Waals surface area contributed by atoms with Crippen LogP contribution in [0.5, 0.6) is 23.0 Å². The molecule has 3 heterocycles. The maximum absolute atomic E-state index is 6.73. The lowest BCUT2D eigenvalue weighted by Gasteiger charge is -2.39. The Hall–Kier alpha value is -4.46. The van der Waals surface area contributed by atoms with E-state index in [0.717, 1.165) is 45.0 Å². The van der Waals surface area contributed by atoms with Gasteiger partial charge in [0.15, 0.2) is 11.5 Å². The van der Waals surface area contributed by atoms with E-state index in [2.05, 4.69) is 40.5 Å². The van der Waals surface area contributed by atoms with E-state index in [1.54, 1.807) is 20.5 Å². The highest BCUT2D eigenvalue weighted by atomic mass is 16.5. The first-order chi connectivity index (χ1) is 18.1. The van der Waals surface area contributed by atoms with Crippen molar-refractivity contribution in [2.24, 2.45) is 0 Å². The van der Waals surface area contributed by atoms with Gasteiger partial charge >= 0.3 is 0 Å². The summed E-state index contributed by atoms with van der Waals surface area (Å²) >= 11 is 0. The molecule has 8 heteroatoms. The van der Waals surface area contributed by atoms with Crippen molar-refractivity contribution in [1.29, 1.82) is 0 Å². The average molecular weight is 497 g/mol. The van der Waals surface area contributed by atoms with Gasteiger partial charge in [-0.2, -0.15) is 10.1 Å². The van der Waals surface area contributed by atoms with Gasteiger partial charge in [0.25, 0.3) is 0 Å². The van der Waals surface area contributed by atoms with Gasteiger partial charge in [-0.15, -0.1) is 0 Å². The summed E-state index contributed by atoms with van der Waals surface area (Å²) in [6, 6.07) is 19.9. The van der Waals surface area contributed by atoms with E-state index in [1.165, 1.54) is 0 Å². The van der Waals surface area contributed by atoms with Crippen LogP contribution in [0, 0.1) is 6.92 Å². The molecule has 0 saturated heterocycles. The van der Waals surface area contributed by atoms with Crippen molar-refractivity contribution < 1.29 is 18.9 Å². The number of fused-ring (bicyclic) bond motifs is 3. The number of aryl methyl sites for hydroxylation is 1. The Morgan fingerprint density at radius 1 is 0.973 bits per heavy atom. The molecule has 0 bridgehead atoms. The Labute approximate surface area is 215 Å². The van der Waals surface area contributed by atoms with Crippen molar-refractivity contribution >= 4 is 11.6 Å². The highest BCUT2D eigenvalue weighted by Crippen LogP contribution is 2.51. The van der Waals surface area contributed by atoms with Crippen LogP contribution in [0.25, 0.3) is 5.70 Å². The second-order valence-electron chi connectivity index (χ2n) is 9.00. The highest BCUT2D eigenvalue weighted by molar-refractivity contribution is 5.85. The summed E-state index contributed by atoms with van der Waals surface area (Å²) in [7, 11) is 3.32. The quantitative estimate of drug-likeness (QED) is 0.374. The van der Waals surface area contributed by atoms with Crippen LogP contribution in [0.2, 0.25) is 0 Å². The Morgan fingerprint density at radius 2 is 1.86 bits per heavy atom. The molecule has 2 atom stereocenters. The molecule has 0 aliphatic carbocycles. The van der Waals surface area contributed by atoms with Gasteiger partial charge in [0.05, 0.1) is 26.5 Å². The van der Waals surface area contributed by atoms with Crippen LogP contribution in [0.1, 0.15) is 41.3 Å². The number of nitrogens with zero attached hydrogens (tertiary/aromatic N) is 3. The Morgan fingerprint density at radius 3 is 2.68 bits per heavy atom. The van der Waals surface area contributed by atoms with E-state index in [4.69, 9.17) is 18.9 Å². The summed E-state index contributed by atoms with van der Waals surface area (Å²) in [6.45, 7) is 4.58. The lowest BCUT2D eigenvalue weighted by atomic mass is 9.84. The van der Waals surface area contributed by atoms with Gasteiger partial charge in [0.1, 0.15) is 30.0 Å². The highest BCUT2D eigenvalue weighted by Gasteiger charge is 2.41. The van der Waals surface area contributed by atoms with Crippen molar-refractivity contribution in [3.63, 3.8) is 0 Å². The zero-order valence-corrected chi connectivity index (χ0v) is 21.2. The normalized spacial score (nSPS) is 17.6. The molecule has 2 unspecified atom stereocenters. The van der Waals surface area contributed by atoms with Gasteiger partial charge in [-0.3, -0.25) is 0 Å². The number of nitrogens with one attached hydrogen (secondary N) is 1. The molecule has 4 aromatic rings. The second-order valence-corrected chi connectivity index (χ2v) is 9.00. The predicted molar refractivity (Wildman–Crippen MR) is 140 cm³/mol. The first kappa shape index (κ1) is 23.0. The molecular formula is C29H28N4O4. The lowest BCUT2D eigenvalue weighted by Crippen LogP contribution is -2.32. The molecule has 0 radical (unpaired) electrons. The minimum atomic E-state index is -0.396. The van der Waals surface area contributed by atoms with Gasteiger partial charge in [0, 0.05) is 16.7 Å². The third-order valence-corrected chi connectivity index (χ3v) is 6.77.